The van der Waals surface area contributed by atoms with Gasteiger partial charge in [0.2, 0.25) is 0 Å². The van der Waals surface area contributed by atoms with Crippen LogP contribution in [0.25, 0.3) is 0 Å². The molecule has 0 amide bonds. The average molecular weight is 903 g/mol. The summed E-state index contributed by atoms with van der Waals surface area (Å²) >= 11 is 0. The highest BCUT2D eigenvalue weighted by Gasteiger charge is 2.66. The fourth-order valence-electron chi connectivity index (χ4n) is 12.8. The van der Waals surface area contributed by atoms with Crippen LogP contribution in [0.2, 0.25) is 0 Å². The molecule has 4 N–H and O–H groups in total. The van der Waals surface area contributed by atoms with Gasteiger partial charge in [0.15, 0.2) is 5.92 Å². The lowest BCUT2D eigenvalue weighted by Gasteiger charge is -2.65. The van der Waals surface area contributed by atoms with Crippen molar-refractivity contribution in [3.63, 3.8) is 0 Å². The zero-order chi connectivity index (χ0) is 50.4. The number of hydrogen-bond donors (Lipinski definition) is 4. The molecule has 368 valence electrons. The molecule has 4 rings (SSSR count). The van der Waals surface area contributed by atoms with Gasteiger partial charge in [-0.3, -0.25) is 9.59 Å². The van der Waals surface area contributed by atoms with Crippen LogP contribution in [0, 0.1) is 34.0 Å². The molecule has 2 aromatic carbocycles. The molecule has 0 bridgehead atoms. The lowest BCUT2D eigenvalue weighted by atomic mass is 9.42. The maximum absolute atomic E-state index is 14.7. The van der Waals surface area contributed by atoms with E-state index < -0.39 is 67.6 Å². The Morgan fingerprint density at radius 3 is 1.05 bits per heavy atom. The van der Waals surface area contributed by atoms with Gasteiger partial charge in [0.05, 0.1) is 0 Å². The molecular formula is C57H94N2O6. The number of carbonyl (C=O) groups is 2. The lowest BCUT2D eigenvalue weighted by Crippen LogP contribution is -2.65. The largest absolute Gasteiger partial charge is 0.507 e. The van der Waals surface area contributed by atoms with E-state index in [-0.39, 0.29) is 34.4 Å². The highest BCUT2D eigenvalue weighted by molar-refractivity contribution is 5.94. The fraction of sp³-hybridized carbons (Fsp3) is 0.754. The number of phenols is 2. The lowest BCUT2D eigenvalue weighted by molar-refractivity contribution is -0.175. The van der Waals surface area contributed by atoms with Gasteiger partial charge >= 0.3 is 11.9 Å². The molecule has 4 atom stereocenters. The van der Waals surface area contributed by atoms with E-state index >= 15 is 0 Å². The highest BCUT2D eigenvalue weighted by atomic mass is 16.4. The van der Waals surface area contributed by atoms with Crippen molar-refractivity contribution in [1.29, 1.82) is 0 Å². The Morgan fingerprint density at radius 1 is 0.569 bits per heavy atom. The second-order valence-electron chi connectivity index (χ2n) is 27.1. The summed E-state index contributed by atoms with van der Waals surface area (Å²) in [6.07, 6.45) is 2.31. The summed E-state index contributed by atoms with van der Waals surface area (Å²) in [6.45, 7) is 47.3. The van der Waals surface area contributed by atoms with Gasteiger partial charge in [0.1, 0.15) is 11.5 Å². The molecule has 0 saturated carbocycles. The molecule has 8 nitrogen and oxygen atoms in total. The molecular weight excluding hydrogens is 809 g/mol. The van der Waals surface area contributed by atoms with Crippen molar-refractivity contribution < 1.29 is 30.0 Å². The van der Waals surface area contributed by atoms with Crippen LogP contribution < -0.4 is 0 Å². The van der Waals surface area contributed by atoms with Crippen molar-refractivity contribution >= 4 is 11.9 Å². The smallest absolute Gasteiger partial charge is 0.318 e. The average Bonchev–Trinajstić information content (AvgIpc) is 3.11. The standard InChI is InChI=1S/C57H94N2O6/c1-24-27-57(44(47(62)63)48(64)65,42(36-25-28-58(22)55(18,19)53(36,14)15)34-30-38(49(2,3)4)45(60)39(31-34)50(5,6)7)43(37-26-29-59(23)56(20,21)54(37,16)17)35-32-40(51(8,9)10)46(61)41(33-35)52(11,12)13/h30-33,36-37,42-44,60-61H,24-29H2,1-23H3,(H,62,63)(H,64,65). The maximum Gasteiger partial charge on any atom is 0.318 e. The molecule has 2 heterocycles. The van der Waals surface area contributed by atoms with Crippen LogP contribution in [0.15, 0.2) is 24.3 Å². The number of rotatable bonds is 11. The zero-order valence-corrected chi connectivity index (χ0v) is 45.4. The van der Waals surface area contributed by atoms with Crippen molar-refractivity contribution in [1.82, 2.24) is 9.80 Å². The third-order valence-corrected chi connectivity index (χ3v) is 18.4. The fourth-order valence-corrected chi connectivity index (χ4v) is 12.8. The van der Waals surface area contributed by atoms with Crippen molar-refractivity contribution in [3.05, 3.63) is 57.6 Å². The van der Waals surface area contributed by atoms with E-state index in [1.807, 2.05) is 0 Å². The van der Waals surface area contributed by atoms with E-state index in [9.17, 15) is 30.0 Å². The molecule has 0 spiro atoms. The predicted molar refractivity (Wildman–Crippen MR) is 270 cm³/mol. The van der Waals surface area contributed by atoms with Gasteiger partial charge in [0, 0.05) is 16.5 Å². The maximum atomic E-state index is 14.7. The molecule has 8 heteroatoms. The number of aromatic hydroxyl groups is 2. The first-order valence-corrected chi connectivity index (χ1v) is 24.7. The van der Waals surface area contributed by atoms with Gasteiger partial charge in [-0.2, -0.15) is 0 Å². The number of phenolic OH excluding ortho intramolecular Hbond substituents is 2. The minimum atomic E-state index is -1.82. The molecule has 2 aromatic rings. The Kier molecular flexibility index (Phi) is 14.6. The van der Waals surface area contributed by atoms with Gasteiger partial charge in [-0.15, -0.1) is 0 Å². The molecule has 2 aliphatic rings. The quantitative estimate of drug-likeness (QED) is 0.165. The molecule has 0 radical (unpaired) electrons. The van der Waals surface area contributed by atoms with Crippen LogP contribution in [0.3, 0.4) is 0 Å². The van der Waals surface area contributed by atoms with E-state index in [0.717, 1.165) is 59.3 Å². The molecule has 2 aliphatic heterocycles. The first-order chi connectivity index (χ1) is 29.1. The summed E-state index contributed by atoms with van der Waals surface area (Å²) in [6, 6.07) is 8.56. The Morgan fingerprint density at radius 2 is 0.831 bits per heavy atom. The summed E-state index contributed by atoms with van der Waals surface area (Å²) in [5.74, 6) is -5.61. The van der Waals surface area contributed by atoms with Crippen LogP contribution in [-0.4, -0.2) is 80.4 Å². The molecule has 0 aromatic heterocycles. The van der Waals surface area contributed by atoms with Crippen LogP contribution in [0.1, 0.15) is 216 Å². The van der Waals surface area contributed by atoms with Gasteiger partial charge < -0.3 is 30.2 Å². The van der Waals surface area contributed by atoms with Crippen LogP contribution in [0.4, 0.5) is 0 Å². The molecule has 4 unspecified atom stereocenters. The van der Waals surface area contributed by atoms with Crippen molar-refractivity contribution in [2.24, 2.45) is 34.0 Å². The third kappa shape index (κ3) is 9.28. The van der Waals surface area contributed by atoms with Gasteiger partial charge in [0.25, 0.3) is 0 Å². The van der Waals surface area contributed by atoms with E-state index in [1.54, 1.807) is 0 Å². The normalized spacial score (nSPS) is 23.8. The van der Waals surface area contributed by atoms with Crippen molar-refractivity contribution in [2.45, 2.75) is 216 Å². The molecule has 65 heavy (non-hydrogen) atoms. The van der Waals surface area contributed by atoms with Crippen LogP contribution >= 0.6 is 0 Å². The number of hydrogen-bond acceptors (Lipinski definition) is 6. The number of aliphatic carboxylic acids is 2. The predicted octanol–water partition coefficient (Wildman–Crippen LogP) is 13.2. The summed E-state index contributed by atoms with van der Waals surface area (Å²) < 4.78 is 0. The number of piperidine rings is 2. The van der Waals surface area contributed by atoms with Crippen LogP contribution in [0.5, 0.6) is 11.5 Å². The number of nitrogens with zero attached hydrogens (tertiary/aromatic N) is 2. The van der Waals surface area contributed by atoms with Crippen molar-refractivity contribution in [2.75, 3.05) is 27.2 Å². The second-order valence-corrected chi connectivity index (χ2v) is 27.1. The Labute approximate surface area is 396 Å². The Balaban J connectivity index is 2.57. The van der Waals surface area contributed by atoms with E-state index in [4.69, 9.17) is 0 Å². The Hall–Kier alpha value is -3.10. The number of benzene rings is 2. The monoisotopic (exact) mass is 903 g/mol. The summed E-state index contributed by atoms with van der Waals surface area (Å²) in [4.78, 5) is 34.3. The van der Waals surface area contributed by atoms with Gasteiger partial charge in [-0.1, -0.05) is 148 Å². The number of carboxylic acid groups (broad SMARTS) is 2. The summed E-state index contributed by atoms with van der Waals surface area (Å²) in [5.41, 5.74) is -0.242. The summed E-state index contributed by atoms with van der Waals surface area (Å²) in [5, 5.41) is 48.7. The van der Waals surface area contributed by atoms with Gasteiger partial charge in [-0.05, 0) is 164 Å². The first kappa shape index (κ1) is 54.5. The molecule has 2 saturated heterocycles. The minimum Gasteiger partial charge on any atom is -0.507 e. The number of carboxylic acids is 2. The van der Waals surface area contributed by atoms with Crippen LogP contribution in [-0.2, 0) is 31.2 Å². The van der Waals surface area contributed by atoms with Gasteiger partial charge in [-0.25, -0.2) is 0 Å². The SMILES string of the molecule is CCCC(C(C(=O)O)C(=O)O)(C(c1cc(C(C)(C)C)c(O)c(C(C)(C)C)c1)C1CCN(C)C(C)(C)C1(C)C)C(c1cc(C(C)(C)C)c(O)c(C(C)(C)C)c1)C1CCN(C)C(C)(C)C1(C)C. The second kappa shape index (κ2) is 17.5. The topological polar surface area (TPSA) is 122 Å². The number of likely N-dealkylation sites (tertiary alicyclic amines) is 2. The first-order valence-electron chi connectivity index (χ1n) is 24.7. The zero-order valence-electron chi connectivity index (χ0n) is 45.4. The van der Waals surface area contributed by atoms with E-state index in [2.05, 4.69) is 194 Å². The van der Waals surface area contributed by atoms with E-state index in [1.165, 1.54) is 0 Å². The van der Waals surface area contributed by atoms with Crippen molar-refractivity contribution in [3.8, 4) is 11.5 Å². The molecule has 2 fully saturated rings. The summed E-state index contributed by atoms with van der Waals surface area (Å²) in [7, 11) is 4.34. The molecule has 0 aliphatic carbocycles. The third-order valence-electron chi connectivity index (χ3n) is 18.4. The Bertz CT molecular complexity index is 1870. The van der Waals surface area contributed by atoms with E-state index in [0.29, 0.717) is 12.8 Å². The minimum absolute atomic E-state index is 0.196. The highest BCUT2D eigenvalue weighted by Crippen LogP contribution is 2.69.